The van der Waals surface area contributed by atoms with Gasteiger partial charge in [0.1, 0.15) is 0 Å². The first-order valence-corrected chi connectivity index (χ1v) is 6.26. The molecule has 1 aliphatic heterocycles. The number of carbonyl (C=O) groups excluding carboxylic acids is 1. The van der Waals surface area contributed by atoms with Gasteiger partial charge in [-0.15, -0.1) is 0 Å². The van der Waals surface area contributed by atoms with Gasteiger partial charge in [-0.05, 0) is 31.5 Å². The van der Waals surface area contributed by atoms with Crippen molar-refractivity contribution in [3.8, 4) is 0 Å². The summed E-state index contributed by atoms with van der Waals surface area (Å²) in [4.78, 5) is 14.3. The van der Waals surface area contributed by atoms with Crippen LogP contribution >= 0.6 is 11.6 Å². The molecule has 1 atom stereocenters. The number of hydrogen-bond donors (Lipinski definition) is 1. The minimum Gasteiger partial charge on any atom is -0.333 e. The molecule has 1 N–H and O–H groups in total. The summed E-state index contributed by atoms with van der Waals surface area (Å²) in [5, 5.41) is 3.93. The Bertz CT molecular complexity index is 433. The van der Waals surface area contributed by atoms with Gasteiger partial charge < -0.3 is 10.2 Å². The first-order valence-electron chi connectivity index (χ1n) is 5.88. The van der Waals surface area contributed by atoms with Crippen LogP contribution < -0.4 is 5.32 Å². The predicted molar refractivity (Wildman–Crippen MR) is 69.6 cm³/mol. The lowest BCUT2D eigenvalue weighted by Gasteiger charge is -2.34. The van der Waals surface area contributed by atoms with Crippen molar-refractivity contribution in [3.63, 3.8) is 0 Å². The molecule has 1 aromatic carbocycles. The van der Waals surface area contributed by atoms with Crippen LogP contribution in [-0.4, -0.2) is 36.5 Å². The predicted octanol–water partition coefficient (Wildman–Crippen LogP) is 2.08. The SMILES string of the molecule is Cc1c(Cl)cccc1C(=O)N1CCNCC1C. The molecule has 1 unspecified atom stereocenters. The van der Waals surface area contributed by atoms with Gasteiger partial charge in [-0.3, -0.25) is 4.79 Å². The van der Waals surface area contributed by atoms with Gasteiger partial charge in [0.05, 0.1) is 0 Å². The van der Waals surface area contributed by atoms with E-state index in [-0.39, 0.29) is 11.9 Å². The summed E-state index contributed by atoms with van der Waals surface area (Å²) in [5.74, 6) is 0.0824. The highest BCUT2D eigenvalue weighted by atomic mass is 35.5. The quantitative estimate of drug-likeness (QED) is 0.830. The van der Waals surface area contributed by atoms with E-state index in [9.17, 15) is 4.79 Å². The van der Waals surface area contributed by atoms with Crippen molar-refractivity contribution in [1.82, 2.24) is 10.2 Å². The fraction of sp³-hybridized carbons (Fsp3) is 0.462. The van der Waals surface area contributed by atoms with Gasteiger partial charge in [-0.2, -0.15) is 0 Å². The average molecular weight is 253 g/mol. The van der Waals surface area contributed by atoms with Crippen LogP contribution in [0.2, 0.25) is 5.02 Å². The molecular formula is C13H17ClN2O. The van der Waals surface area contributed by atoms with Crippen molar-refractivity contribution < 1.29 is 4.79 Å². The molecule has 1 amide bonds. The Labute approximate surface area is 107 Å². The number of nitrogens with zero attached hydrogens (tertiary/aromatic N) is 1. The van der Waals surface area contributed by atoms with E-state index in [1.54, 1.807) is 0 Å². The molecule has 0 spiro atoms. The van der Waals surface area contributed by atoms with Crippen LogP contribution in [0.1, 0.15) is 22.8 Å². The van der Waals surface area contributed by atoms with Gasteiger partial charge in [-0.25, -0.2) is 0 Å². The summed E-state index contributed by atoms with van der Waals surface area (Å²) < 4.78 is 0. The Kier molecular flexibility index (Phi) is 3.69. The lowest BCUT2D eigenvalue weighted by Crippen LogP contribution is -2.52. The van der Waals surface area contributed by atoms with Crippen LogP contribution in [-0.2, 0) is 0 Å². The first kappa shape index (κ1) is 12.4. The number of nitrogens with one attached hydrogen (secondary N) is 1. The maximum Gasteiger partial charge on any atom is 0.254 e. The smallest absolute Gasteiger partial charge is 0.254 e. The van der Waals surface area contributed by atoms with Crippen molar-refractivity contribution in [2.24, 2.45) is 0 Å². The number of amides is 1. The van der Waals surface area contributed by atoms with Crippen LogP contribution in [0.4, 0.5) is 0 Å². The van der Waals surface area contributed by atoms with Crippen LogP contribution in [0.5, 0.6) is 0 Å². The highest BCUT2D eigenvalue weighted by Crippen LogP contribution is 2.21. The molecule has 3 nitrogen and oxygen atoms in total. The second-order valence-corrected chi connectivity index (χ2v) is 4.87. The second kappa shape index (κ2) is 5.07. The Hall–Kier alpha value is -1.06. The molecule has 0 aliphatic carbocycles. The van der Waals surface area contributed by atoms with Gasteiger partial charge in [0.2, 0.25) is 0 Å². The third-order valence-electron chi connectivity index (χ3n) is 3.26. The van der Waals surface area contributed by atoms with Crippen LogP contribution in [0.25, 0.3) is 0 Å². The number of halogens is 1. The molecule has 1 saturated heterocycles. The third-order valence-corrected chi connectivity index (χ3v) is 3.67. The molecule has 0 bridgehead atoms. The lowest BCUT2D eigenvalue weighted by atomic mass is 10.1. The number of carbonyl (C=O) groups is 1. The standard InChI is InChI=1S/C13H17ClN2O/c1-9-8-15-6-7-16(9)13(17)11-4-3-5-12(14)10(11)2/h3-5,9,15H,6-8H2,1-2H3. The van der Waals surface area contributed by atoms with Crippen molar-refractivity contribution in [3.05, 3.63) is 34.3 Å². The molecule has 0 saturated carbocycles. The van der Waals surface area contributed by atoms with Gasteiger partial charge >= 0.3 is 0 Å². The van der Waals surface area contributed by atoms with Crippen molar-refractivity contribution in [2.75, 3.05) is 19.6 Å². The van der Waals surface area contributed by atoms with E-state index in [1.165, 1.54) is 0 Å². The van der Waals surface area contributed by atoms with E-state index in [1.807, 2.05) is 30.0 Å². The van der Waals surface area contributed by atoms with Gasteiger partial charge in [0.15, 0.2) is 0 Å². The molecule has 1 heterocycles. The molecular weight excluding hydrogens is 236 g/mol. The fourth-order valence-corrected chi connectivity index (χ4v) is 2.31. The van der Waals surface area contributed by atoms with E-state index < -0.39 is 0 Å². The molecule has 1 aliphatic rings. The minimum atomic E-state index is 0.0824. The Morgan fingerprint density at radius 1 is 1.53 bits per heavy atom. The Morgan fingerprint density at radius 3 is 3.00 bits per heavy atom. The van der Waals surface area contributed by atoms with E-state index in [4.69, 9.17) is 11.6 Å². The molecule has 92 valence electrons. The summed E-state index contributed by atoms with van der Waals surface area (Å²) in [7, 11) is 0. The Morgan fingerprint density at radius 2 is 2.29 bits per heavy atom. The molecule has 2 rings (SSSR count). The van der Waals surface area contributed by atoms with Crippen molar-refractivity contribution in [2.45, 2.75) is 19.9 Å². The summed E-state index contributed by atoms with van der Waals surface area (Å²) in [6, 6.07) is 5.72. The summed E-state index contributed by atoms with van der Waals surface area (Å²) in [5.41, 5.74) is 1.58. The third kappa shape index (κ3) is 2.45. The van der Waals surface area contributed by atoms with Crippen LogP contribution in [0, 0.1) is 6.92 Å². The lowest BCUT2D eigenvalue weighted by molar-refractivity contribution is 0.0655. The zero-order valence-electron chi connectivity index (χ0n) is 10.2. The monoisotopic (exact) mass is 252 g/mol. The van der Waals surface area contributed by atoms with E-state index >= 15 is 0 Å². The normalized spacial score (nSPS) is 20.4. The van der Waals surface area contributed by atoms with E-state index in [0.717, 1.165) is 25.2 Å². The number of hydrogen-bond acceptors (Lipinski definition) is 2. The highest BCUT2D eigenvalue weighted by Gasteiger charge is 2.25. The van der Waals surface area contributed by atoms with Crippen LogP contribution in [0.3, 0.4) is 0 Å². The average Bonchev–Trinajstić information content (AvgIpc) is 2.32. The molecule has 1 fully saturated rings. The van der Waals surface area contributed by atoms with Gasteiger partial charge in [0.25, 0.3) is 5.91 Å². The minimum absolute atomic E-state index is 0.0824. The Balaban J connectivity index is 2.27. The number of piperazine rings is 1. The first-order chi connectivity index (χ1) is 8.11. The van der Waals surface area contributed by atoms with E-state index in [0.29, 0.717) is 10.6 Å². The maximum absolute atomic E-state index is 12.4. The highest BCUT2D eigenvalue weighted by molar-refractivity contribution is 6.31. The largest absolute Gasteiger partial charge is 0.333 e. The van der Waals surface area contributed by atoms with Crippen molar-refractivity contribution in [1.29, 1.82) is 0 Å². The van der Waals surface area contributed by atoms with Gasteiger partial charge in [0, 0.05) is 36.3 Å². The summed E-state index contributed by atoms with van der Waals surface area (Å²) >= 11 is 6.05. The maximum atomic E-state index is 12.4. The molecule has 1 aromatic rings. The topological polar surface area (TPSA) is 32.3 Å². The summed E-state index contributed by atoms with van der Waals surface area (Å²) in [6.45, 7) is 6.42. The fourth-order valence-electron chi connectivity index (χ4n) is 2.14. The molecule has 4 heteroatoms. The zero-order chi connectivity index (χ0) is 12.4. The number of rotatable bonds is 1. The molecule has 0 radical (unpaired) electrons. The van der Waals surface area contributed by atoms with Crippen molar-refractivity contribution >= 4 is 17.5 Å². The summed E-state index contributed by atoms with van der Waals surface area (Å²) in [6.07, 6.45) is 0. The van der Waals surface area contributed by atoms with Gasteiger partial charge in [-0.1, -0.05) is 17.7 Å². The zero-order valence-corrected chi connectivity index (χ0v) is 10.9. The molecule has 17 heavy (non-hydrogen) atoms. The number of benzene rings is 1. The second-order valence-electron chi connectivity index (χ2n) is 4.46. The van der Waals surface area contributed by atoms with Crippen LogP contribution in [0.15, 0.2) is 18.2 Å². The molecule has 0 aromatic heterocycles. The van der Waals surface area contributed by atoms with E-state index in [2.05, 4.69) is 12.2 Å².